The number of para-hydroxylation sites is 1. The molecule has 1 aromatic rings. The van der Waals surface area contributed by atoms with Crippen LogP contribution in [0, 0.1) is 0 Å². The van der Waals surface area contributed by atoms with Crippen LogP contribution in [0.3, 0.4) is 0 Å². The summed E-state index contributed by atoms with van der Waals surface area (Å²) in [6.07, 6.45) is 3.12. The van der Waals surface area contributed by atoms with Crippen LogP contribution in [0.5, 0.6) is 0 Å². The number of nitrogens with one attached hydrogen (secondary N) is 2. The van der Waals surface area contributed by atoms with E-state index in [0.29, 0.717) is 0 Å². The molecule has 2 nitrogen and oxygen atoms in total. The summed E-state index contributed by atoms with van der Waals surface area (Å²) >= 11 is 5.29. The van der Waals surface area contributed by atoms with Crippen LogP contribution in [0.25, 0.3) is 0 Å². The number of thiocarbonyl (C=S) groups is 1. The van der Waals surface area contributed by atoms with Crippen molar-refractivity contribution in [1.29, 1.82) is 0 Å². The van der Waals surface area contributed by atoms with Gasteiger partial charge in [0.2, 0.25) is 0 Å². The zero-order chi connectivity index (χ0) is 12.7. The Morgan fingerprint density at radius 2 is 1.71 bits per heavy atom. The molecule has 17 heavy (non-hydrogen) atoms. The molecule has 94 valence electrons. The van der Waals surface area contributed by atoms with Crippen LogP contribution < -0.4 is 10.6 Å². The molecule has 0 saturated carbocycles. The van der Waals surface area contributed by atoms with Gasteiger partial charge in [-0.3, -0.25) is 0 Å². The molecule has 0 aromatic heterocycles. The molecule has 0 fully saturated rings. The van der Waals surface area contributed by atoms with Crippen molar-refractivity contribution in [3.8, 4) is 0 Å². The highest BCUT2D eigenvalue weighted by atomic mass is 32.1. The maximum atomic E-state index is 5.29. The van der Waals surface area contributed by atoms with E-state index in [0.717, 1.165) is 30.9 Å². The van der Waals surface area contributed by atoms with Crippen molar-refractivity contribution in [1.82, 2.24) is 5.32 Å². The number of benzene rings is 1. The molecule has 0 unspecified atom stereocenters. The third kappa shape index (κ3) is 4.00. The van der Waals surface area contributed by atoms with Crippen LogP contribution in [-0.4, -0.2) is 11.7 Å². The van der Waals surface area contributed by atoms with E-state index in [1.165, 1.54) is 16.8 Å². The Morgan fingerprint density at radius 1 is 1.12 bits per heavy atom. The molecule has 1 rings (SSSR count). The second-order valence-electron chi connectivity index (χ2n) is 4.04. The van der Waals surface area contributed by atoms with Crippen molar-refractivity contribution < 1.29 is 0 Å². The molecule has 0 radical (unpaired) electrons. The first-order valence-corrected chi connectivity index (χ1v) is 6.79. The fourth-order valence-electron chi connectivity index (χ4n) is 1.80. The normalized spacial score (nSPS) is 10.1. The van der Waals surface area contributed by atoms with Gasteiger partial charge in [0.1, 0.15) is 0 Å². The molecular weight excluding hydrogens is 228 g/mol. The molecule has 0 bridgehead atoms. The average molecular weight is 250 g/mol. The topological polar surface area (TPSA) is 24.1 Å². The third-order valence-corrected chi connectivity index (χ3v) is 3.02. The van der Waals surface area contributed by atoms with Gasteiger partial charge >= 0.3 is 0 Å². The first kappa shape index (κ1) is 14.0. The quantitative estimate of drug-likeness (QED) is 0.782. The third-order valence-electron chi connectivity index (χ3n) is 2.77. The molecule has 0 saturated heterocycles. The summed E-state index contributed by atoms with van der Waals surface area (Å²) in [5.74, 6) is 0. The highest BCUT2D eigenvalue weighted by Crippen LogP contribution is 2.22. The minimum atomic E-state index is 0.724. The summed E-state index contributed by atoms with van der Waals surface area (Å²) in [5, 5.41) is 7.26. The predicted molar refractivity (Wildman–Crippen MR) is 79.7 cm³/mol. The highest BCUT2D eigenvalue weighted by Gasteiger charge is 2.07. The van der Waals surface area contributed by atoms with E-state index in [2.05, 4.69) is 49.6 Å². The smallest absolute Gasteiger partial charge is 0.170 e. The van der Waals surface area contributed by atoms with Gasteiger partial charge in [-0.2, -0.15) is 0 Å². The lowest BCUT2D eigenvalue weighted by atomic mass is 10.0. The standard InChI is InChI=1S/C14H22N2S/c1-4-10-15-14(17)16-13-11(5-2)8-7-9-12(13)6-3/h7-9H,4-6,10H2,1-3H3,(H2,15,16,17). The van der Waals surface area contributed by atoms with Gasteiger partial charge in [-0.05, 0) is 42.6 Å². The van der Waals surface area contributed by atoms with Crippen molar-refractivity contribution in [3.05, 3.63) is 29.3 Å². The van der Waals surface area contributed by atoms with E-state index < -0.39 is 0 Å². The Hall–Kier alpha value is -1.09. The monoisotopic (exact) mass is 250 g/mol. The summed E-state index contributed by atoms with van der Waals surface area (Å²) in [4.78, 5) is 0. The number of anilines is 1. The molecular formula is C14H22N2S. The Bertz CT molecular complexity index is 352. The molecule has 1 aromatic carbocycles. The van der Waals surface area contributed by atoms with Gasteiger partial charge in [0.25, 0.3) is 0 Å². The van der Waals surface area contributed by atoms with Crippen LogP contribution in [0.15, 0.2) is 18.2 Å². The lowest BCUT2D eigenvalue weighted by Gasteiger charge is -2.16. The Labute approximate surface area is 110 Å². The number of rotatable bonds is 5. The Balaban J connectivity index is 2.83. The lowest BCUT2D eigenvalue weighted by molar-refractivity contribution is 0.846. The molecule has 0 aliphatic rings. The van der Waals surface area contributed by atoms with Crippen LogP contribution >= 0.6 is 12.2 Å². The molecule has 0 aliphatic heterocycles. The molecule has 0 aliphatic carbocycles. The Kier molecular flexibility index (Phi) is 5.98. The van der Waals surface area contributed by atoms with E-state index in [9.17, 15) is 0 Å². The fraction of sp³-hybridized carbons (Fsp3) is 0.500. The molecule has 0 amide bonds. The summed E-state index contributed by atoms with van der Waals surface area (Å²) < 4.78 is 0. The largest absolute Gasteiger partial charge is 0.362 e. The summed E-state index contributed by atoms with van der Waals surface area (Å²) in [6.45, 7) is 7.39. The zero-order valence-corrected chi connectivity index (χ0v) is 11.8. The first-order valence-electron chi connectivity index (χ1n) is 6.38. The summed E-state index contributed by atoms with van der Waals surface area (Å²) in [6, 6.07) is 6.43. The summed E-state index contributed by atoms with van der Waals surface area (Å²) in [5.41, 5.74) is 3.83. The molecule has 0 spiro atoms. The van der Waals surface area contributed by atoms with E-state index in [1.807, 2.05) is 0 Å². The van der Waals surface area contributed by atoms with Gasteiger partial charge in [-0.1, -0.05) is 39.0 Å². The molecule has 2 N–H and O–H groups in total. The SMILES string of the molecule is CCCNC(=S)Nc1c(CC)cccc1CC. The maximum Gasteiger partial charge on any atom is 0.170 e. The number of aryl methyl sites for hydroxylation is 2. The second kappa shape index (κ2) is 7.28. The van der Waals surface area contributed by atoms with Crippen LogP contribution in [-0.2, 0) is 12.8 Å². The van der Waals surface area contributed by atoms with Crippen molar-refractivity contribution >= 4 is 23.0 Å². The van der Waals surface area contributed by atoms with Crippen molar-refractivity contribution in [2.45, 2.75) is 40.0 Å². The first-order chi connectivity index (χ1) is 8.22. The van der Waals surface area contributed by atoms with E-state index >= 15 is 0 Å². The lowest BCUT2D eigenvalue weighted by Crippen LogP contribution is -2.29. The Morgan fingerprint density at radius 3 is 2.18 bits per heavy atom. The van der Waals surface area contributed by atoms with Gasteiger partial charge < -0.3 is 10.6 Å². The maximum absolute atomic E-state index is 5.29. The zero-order valence-electron chi connectivity index (χ0n) is 11.0. The average Bonchev–Trinajstić information content (AvgIpc) is 2.36. The van der Waals surface area contributed by atoms with E-state index in [4.69, 9.17) is 12.2 Å². The van der Waals surface area contributed by atoms with E-state index in [-0.39, 0.29) is 0 Å². The second-order valence-corrected chi connectivity index (χ2v) is 4.45. The van der Waals surface area contributed by atoms with Crippen LogP contribution in [0.4, 0.5) is 5.69 Å². The van der Waals surface area contributed by atoms with Crippen molar-refractivity contribution in [2.75, 3.05) is 11.9 Å². The number of hydrogen-bond donors (Lipinski definition) is 2. The minimum absolute atomic E-state index is 0.724. The summed E-state index contributed by atoms with van der Waals surface area (Å²) in [7, 11) is 0. The predicted octanol–water partition coefficient (Wildman–Crippen LogP) is 3.51. The minimum Gasteiger partial charge on any atom is -0.362 e. The van der Waals surface area contributed by atoms with Gasteiger partial charge in [0, 0.05) is 12.2 Å². The van der Waals surface area contributed by atoms with Gasteiger partial charge in [0.15, 0.2) is 5.11 Å². The van der Waals surface area contributed by atoms with Crippen LogP contribution in [0.2, 0.25) is 0 Å². The fourth-order valence-corrected chi connectivity index (χ4v) is 2.00. The van der Waals surface area contributed by atoms with Gasteiger partial charge in [0.05, 0.1) is 0 Å². The molecule has 0 heterocycles. The van der Waals surface area contributed by atoms with Crippen LogP contribution in [0.1, 0.15) is 38.3 Å². The van der Waals surface area contributed by atoms with Crippen molar-refractivity contribution in [2.24, 2.45) is 0 Å². The van der Waals surface area contributed by atoms with E-state index in [1.54, 1.807) is 0 Å². The molecule has 3 heteroatoms. The highest BCUT2D eigenvalue weighted by molar-refractivity contribution is 7.80. The van der Waals surface area contributed by atoms with Gasteiger partial charge in [-0.15, -0.1) is 0 Å². The molecule has 0 atom stereocenters. The van der Waals surface area contributed by atoms with Gasteiger partial charge in [-0.25, -0.2) is 0 Å². The number of hydrogen-bond acceptors (Lipinski definition) is 1. The van der Waals surface area contributed by atoms with Crippen molar-refractivity contribution in [3.63, 3.8) is 0 Å².